The molecule has 0 aliphatic carbocycles. The quantitative estimate of drug-likeness (QED) is 0.134. The molecule has 4 aromatic heterocycles. The van der Waals surface area contributed by atoms with E-state index in [9.17, 15) is 0 Å². The zero-order valence-electron chi connectivity index (χ0n) is 40.1. The van der Waals surface area contributed by atoms with Crippen molar-refractivity contribution in [1.29, 1.82) is 0 Å². The van der Waals surface area contributed by atoms with Crippen LogP contribution in [-0.2, 0) is 0 Å². The molecule has 0 N–H and O–H groups in total. The molecule has 0 aliphatic heterocycles. The number of aromatic nitrogens is 2. The van der Waals surface area contributed by atoms with Gasteiger partial charge in [-0.05, 0) is 93.7 Å². The van der Waals surface area contributed by atoms with Crippen molar-refractivity contribution in [3.8, 4) is 22.3 Å². The number of benzene rings is 11. The average Bonchev–Trinajstić information content (AvgIpc) is 4.17. The van der Waals surface area contributed by atoms with E-state index < -0.39 is 0 Å². The van der Waals surface area contributed by atoms with Gasteiger partial charge in [-0.15, -0.1) is 0 Å². The Morgan fingerprint density at radius 2 is 0.653 bits per heavy atom. The maximum absolute atomic E-state index is 2.58. The van der Waals surface area contributed by atoms with Crippen molar-refractivity contribution < 1.29 is 0 Å². The zero-order chi connectivity index (χ0) is 47.6. The van der Waals surface area contributed by atoms with Crippen LogP contribution in [0.3, 0.4) is 0 Å². The van der Waals surface area contributed by atoms with Gasteiger partial charge in [-0.3, -0.25) is 0 Å². The van der Waals surface area contributed by atoms with Gasteiger partial charge in [0.05, 0.1) is 33.1 Å². The second-order valence-corrected chi connectivity index (χ2v) is 20.1. The molecule has 0 saturated carbocycles. The number of fused-ring (bicyclic) bond motifs is 12. The van der Waals surface area contributed by atoms with Gasteiger partial charge in [0.15, 0.2) is 0 Å². The molecule has 0 amide bonds. The molecule has 0 aliphatic rings. The lowest BCUT2D eigenvalue weighted by Crippen LogP contribution is -2.04. The molecule has 2 atom stereocenters. The van der Waals surface area contributed by atoms with Gasteiger partial charge in [-0.2, -0.15) is 0 Å². The Morgan fingerprint density at radius 1 is 0.264 bits per heavy atom. The van der Waals surface area contributed by atoms with Gasteiger partial charge < -0.3 is 8.80 Å². The van der Waals surface area contributed by atoms with Crippen molar-refractivity contribution in [2.75, 3.05) is 0 Å². The van der Waals surface area contributed by atoms with E-state index >= 15 is 0 Å². The Bertz CT molecular complexity index is 4260. The highest BCUT2D eigenvalue weighted by molar-refractivity contribution is 6.30. The van der Waals surface area contributed by atoms with Crippen LogP contribution in [0.4, 0.5) is 0 Å². The molecule has 0 radical (unpaired) electrons. The van der Waals surface area contributed by atoms with Crippen molar-refractivity contribution in [3.63, 3.8) is 0 Å². The van der Waals surface area contributed by atoms with Crippen molar-refractivity contribution >= 4 is 76.2 Å². The number of para-hydroxylation sites is 2. The smallest absolute Gasteiger partial charge is 0.0623 e. The summed E-state index contributed by atoms with van der Waals surface area (Å²) in [6.07, 6.45) is 0. The van der Waals surface area contributed by atoms with Crippen LogP contribution >= 0.6 is 0 Å². The van der Waals surface area contributed by atoms with E-state index in [4.69, 9.17) is 0 Å². The lowest BCUT2D eigenvalue weighted by atomic mass is 9.81. The van der Waals surface area contributed by atoms with Gasteiger partial charge in [0, 0.05) is 54.9 Å². The Hall–Kier alpha value is -8.98. The number of hydrogen-bond acceptors (Lipinski definition) is 0. The third-order valence-corrected chi connectivity index (χ3v) is 16.0. The minimum absolute atomic E-state index is 0.0152. The Labute approximate surface area is 418 Å². The molecule has 15 rings (SSSR count). The summed E-state index contributed by atoms with van der Waals surface area (Å²) in [5, 5.41) is 10.3. The van der Waals surface area contributed by atoms with E-state index in [0.717, 1.165) is 0 Å². The van der Waals surface area contributed by atoms with Crippen LogP contribution in [0.15, 0.2) is 243 Å². The number of aryl methyl sites for hydroxylation is 2. The third kappa shape index (κ3) is 6.02. The number of nitrogens with zero attached hydrogens (tertiary/aromatic N) is 2. The van der Waals surface area contributed by atoms with Crippen molar-refractivity contribution in [3.05, 3.63) is 287 Å². The summed E-state index contributed by atoms with van der Waals surface area (Å²) >= 11 is 0. The predicted molar refractivity (Wildman–Crippen MR) is 304 cm³/mol. The molecule has 72 heavy (non-hydrogen) atoms. The molecular weight excluding hydrogens is 869 g/mol. The molecule has 11 aromatic carbocycles. The van der Waals surface area contributed by atoms with Gasteiger partial charge in [0.25, 0.3) is 0 Å². The lowest BCUT2D eigenvalue weighted by molar-refractivity contribution is 0.989. The first kappa shape index (κ1) is 40.9. The van der Waals surface area contributed by atoms with Gasteiger partial charge >= 0.3 is 0 Å². The van der Waals surface area contributed by atoms with Crippen molar-refractivity contribution in [2.24, 2.45) is 0 Å². The highest BCUT2D eigenvalue weighted by Crippen LogP contribution is 2.50. The van der Waals surface area contributed by atoms with Gasteiger partial charge in [-0.1, -0.05) is 230 Å². The summed E-state index contributed by atoms with van der Waals surface area (Å²) in [6.45, 7) is 4.36. The molecule has 2 heteroatoms. The van der Waals surface area contributed by atoms with Gasteiger partial charge in [0.2, 0.25) is 0 Å². The fourth-order valence-corrected chi connectivity index (χ4v) is 12.7. The standard InChI is InChI=1S/C70H48N2/c1-43-27-31-47(32-28-43)65(51-21-13-19-49(39-51)45-15-5-3-6-16-45)57-37-35-53-59-41-64-60(42-63(59)71-61-25-11-9-23-55(61)67(57)69(53)71)54-36-38-58(68-56-24-10-12-26-62(56)72(64)70(54)68)66(48-33-29-44(2)30-34-48)52-22-14-20-50(40-52)46-17-7-4-8-18-46/h3-42,65-66H,1-2H3. The van der Waals surface area contributed by atoms with E-state index in [1.54, 1.807) is 0 Å². The third-order valence-electron chi connectivity index (χ3n) is 16.0. The molecule has 2 nitrogen and oxygen atoms in total. The first-order chi connectivity index (χ1) is 35.6. The summed E-state index contributed by atoms with van der Waals surface area (Å²) < 4.78 is 5.16. The molecule has 0 saturated heterocycles. The Morgan fingerprint density at radius 3 is 1.08 bits per heavy atom. The lowest BCUT2D eigenvalue weighted by Gasteiger charge is -2.21. The molecule has 2 unspecified atom stereocenters. The molecule has 0 spiro atoms. The minimum atomic E-state index is 0.0152. The van der Waals surface area contributed by atoms with Crippen LogP contribution in [0.2, 0.25) is 0 Å². The molecule has 4 heterocycles. The highest BCUT2D eigenvalue weighted by Gasteiger charge is 2.29. The fraction of sp³-hybridized carbons (Fsp3) is 0.0571. The van der Waals surface area contributed by atoms with E-state index in [0.29, 0.717) is 0 Å². The van der Waals surface area contributed by atoms with Crippen molar-refractivity contribution in [2.45, 2.75) is 25.7 Å². The fourth-order valence-electron chi connectivity index (χ4n) is 12.7. The van der Waals surface area contributed by atoms with Crippen LogP contribution in [0.25, 0.3) is 98.4 Å². The van der Waals surface area contributed by atoms with Crippen molar-refractivity contribution in [1.82, 2.24) is 8.80 Å². The van der Waals surface area contributed by atoms with Crippen LogP contribution in [-0.4, -0.2) is 8.80 Å². The molecule has 338 valence electrons. The predicted octanol–water partition coefficient (Wildman–Crippen LogP) is 18.3. The van der Waals surface area contributed by atoms with Crippen LogP contribution in [0, 0.1) is 13.8 Å². The molecule has 0 bridgehead atoms. The van der Waals surface area contributed by atoms with E-state index in [-0.39, 0.29) is 11.8 Å². The average molecular weight is 917 g/mol. The van der Waals surface area contributed by atoms with Crippen LogP contribution < -0.4 is 0 Å². The maximum Gasteiger partial charge on any atom is 0.0623 e. The normalized spacial score (nSPS) is 13.0. The maximum atomic E-state index is 2.58. The van der Waals surface area contributed by atoms with E-state index in [2.05, 4.69) is 265 Å². The van der Waals surface area contributed by atoms with Crippen LogP contribution in [0.5, 0.6) is 0 Å². The SMILES string of the molecule is Cc1ccc(C(c2cccc(-c3ccccc3)c2)c2ccc3c4cc5c(cc4n4c6ccccc6c2c34)c2ccc(C(c3ccc(C)cc3)c3cccc(-c4ccccc4)c3)c3c4ccccc4n5c23)cc1. The second kappa shape index (κ2) is 15.8. The van der Waals surface area contributed by atoms with E-state index in [1.807, 2.05) is 0 Å². The topological polar surface area (TPSA) is 8.82 Å². The Balaban J connectivity index is 0.989. The highest BCUT2D eigenvalue weighted by atomic mass is 14.9. The monoisotopic (exact) mass is 916 g/mol. The van der Waals surface area contributed by atoms with Gasteiger partial charge in [0.1, 0.15) is 0 Å². The summed E-state index contributed by atoms with van der Waals surface area (Å²) in [4.78, 5) is 0. The first-order valence-corrected chi connectivity index (χ1v) is 25.3. The second-order valence-electron chi connectivity index (χ2n) is 20.1. The summed E-state index contributed by atoms with van der Waals surface area (Å²) in [7, 11) is 0. The summed E-state index contributed by atoms with van der Waals surface area (Å²) in [5.74, 6) is 0.0304. The zero-order valence-corrected chi connectivity index (χ0v) is 40.1. The minimum Gasteiger partial charge on any atom is -0.308 e. The Kier molecular flexibility index (Phi) is 8.95. The molecular formula is C70H48N2. The number of hydrogen-bond donors (Lipinski definition) is 0. The number of rotatable bonds is 8. The summed E-state index contributed by atoms with van der Waals surface area (Å²) in [5.41, 5.74) is 22.8. The van der Waals surface area contributed by atoms with Crippen LogP contribution in [0.1, 0.15) is 56.3 Å². The molecule has 0 fully saturated rings. The molecule has 15 aromatic rings. The van der Waals surface area contributed by atoms with Gasteiger partial charge in [-0.25, -0.2) is 0 Å². The summed E-state index contributed by atoms with van der Waals surface area (Å²) in [6, 6.07) is 91.3. The largest absolute Gasteiger partial charge is 0.308 e. The van der Waals surface area contributed by atoms with E-state index in [1.165, 1.54) is 143 Å². The first-order valence-electron chi connectivity index (χ1n) is 25.3.